The van der Waals surface area contributed by atoms with Gasteiger partial charge >= 0.3 is 0 Å². The van der Waals surface area contributed by atoms with Crippen molar-refractivity contribution in [2.75, 3.05) is 5.73 Å². The van der Waals surface area contributed by atoms with Crippen molar-refractivity contribution in [3.05, 3.63) is 50.4 Å². The molecule has 0 fully saturated rings. The molecule has 0 aliphatic rings. The Hall–Kier alpha value is -1.20. The van der Waals surface area contributed by atoms with Crippen molar-refractivity contribution in [2.45, 2.75) is 0 Å². The number of rotatable bonds is 2. The van der Waals surface area contributed by atoms with Gasteiger partial charge in [0.2, 0.25) is 5.78 Å². The Bertz CT molecular complexity index is 553. The highest BCUT2D eigenvalue weighted by Crippen LogP contribution is 2.27. The average Bonchev–Trinajstić information content (AvgIpc) is 2.67. The molecular weight excluding hydrogens is 293 g/mol. The zero-order chi connectivity index (χ0) is 11.7. The van der Waals surface area contributed by atoms with Crippen LogP contribution < -0.4 is 5.73 Å². The summed E-state index contributed by atoms with van der Waals surface area (Å²) in [6.45, 7) is 0. The number of ketones is 1. The van der Waals surface area contributed by atoms with Crippen LogP contribution in [0.15, 0.2) is 34.1 Å². The van der Waals surface area contributed by atoms with Crippen LogP contribution in [0.1, 0.15) is 15.2 Å². The first-order chi connectivity index (χ1) is 7.59. The monoisotopic (exact) mass is 299 g/mol. The number of thiophene rings is 1. The molecule has 2 rings (SSSR count). The maximum Gasteiger partial charge on any atom is 0.206 e. The summed E-state index contributed by atoms with van der Waals surface area (Å²) in [5, 5.41) is 1.78. The van der Waals surface area contributed by atoms with Crippen molar-refractivity contribution in [1.29, 1.82) is 0 Å². The molecular formula is C11H7BrFNOS. The Morgan fingerprint density at radius 2 is 2.12 bits per heavy atom. The van der Waals surface area contributed by atoms with Gasteiger partial charge in [0.15, 0.2) is 0 Å². The van der Waals surface area contributed by atoms with Gasteiger partial charge in [0.1, 0.15) is 5.82 Å². The van der Waals surface area contributed by atoms with Gasteiger partial charge in [0.25, 0.3) is 0 Å². The highest BCUT2D eigenvalue weighted by molar-refractivity contribution is 9.10. The molecule has 0 atom stereocenters. The van der Waals surface area contributed by atoms with E-state index in [0.717, 1.165) is 6.07 Å². The van der Waals surface area contributed by atoms with Crippen molar-refractivity contribution in [2.24, 2.45) is 0 Å². The first-order valence-electron chi connectivity index (χ1n) is 4.42. The molecule has 1 aromatic carbocycles. The summed E-state index contributed by atoms with van der Waals surface area (Å²) in [6, 6.07) is 5.55. The lowest BCUT2D eigenvalue weighted by molar-refractivity contribution is 0.104. The molecule has 82 valence electrons. The lowest BCUT2D eigenvalue weighted by atomic mass is 10.1. The molecule has 0 aliphatic heterocycles. The van der Waals surface area contributed by atoms with Gasteiger partial charge in [-0.1, -0.05) is 0 Å². The number of carbonyl (C=O) groups excluding carboxylic acids is 1. The summed E-state index contributed by atoms with van der Waals surface area (Å²) < 4.78 is 13.7. The molecule has 2 aromatic rings. The van der Waals surface area contributed by atoms with E-state index in [1.165, 1.54) is 23.5 Å². The molecule has 5 heteroatoms. The van der Waals surface area contributed by atoms with Crippen LogP contribution in [0.25, 0.3) is 0 Å². The number of hydrogen-bond donors (Lipinski definition) is 1. The minimum absolute atomic E-state index is 0.197. The summed E-state index contributed by atoms with van der Waals surface area (Å²) in [7, 11) is 0. The third kappa shape index (κ3) is 2.01. The number of hydrogen-bond acceptors (Lipinski definition) is 3. The van der Waals surface area contributed by atoms with Crippen molar-refractivity contribution in [3.63, 3.8) is 0 Å². The fourth-order valence-electron chi connectivity index (χ4n) is 1.30. The van der Waals surface area contributed by atoms with E-state index in [1.807, 2.05) is 0 Å². The maximum absolute atomic E-state index is 13.0. The number of anilines is 1. The maximum atomic E-state index is 13.0. The molecule has 0 radical (unpaired) electrons. The Balaban J connectivity index is 2.49. The van der Waals surface area contributed by atoms with Gasteiger partial charge < -0.3 is 5.73 Å². The molecule has 0 unspecified atom stereocenters. The summed E-state index contributed by atoms with van der Waals surface area (Å²) in [5.74, 6) is -0.732. The SMILES string of the molecule is Nc1ccc(F)cc1C(=O)c1sccc1Br. The van der Waals surface area contributed by atoms with Gasteiger partial charge in [0, 0.05) is 15.7 Å². The largest absolute Gasteiger partial charge is 0.398 e. The molecule has 2 nitrogen and oxygen atoms in total. The first kappa shape index (κ1) is 11.3. The van der Waals surface area contributed by atoms with E-state index in [0.29, 0.717) is 9.35 Å². The van der Waals surface area contributed by atoms with Crippen LogP contribution in [-0.2, 0) is 0 Å². The fourth-order valence-corrected chi connectivity index (χ4v) is 2.81. The molecule has 16 heavy (non-hydrogen) atoms. The molecule has 0 saturated carbocycles. The standard InChI is InChI=1S/C11H7BrFNOS/c12-8-3-4-16-11(8)10(15)7-5-6(13)1-2-9(7)14/h1-5H,14H2. The molecule has 0 saturated heterocycles. The average molecular weight is 300 g/mol. The zero-order valence-corrected chi connectivity index (χ0v) is 10.4. The number of carbonyl (C=O) groups is 1. The predicted molar refractivity (Wildman–Crippen MR) is 66.3 cm³/mol. The van der Waals surface area contributed by atoms with E-state index >= 15 is 0 Å². The van der Waals surface area contributed by atoms with E-state index in [9.17, 15) is 9.18 Å². The third-order valence-electron chi connectivity index (χ3n) is 2.08. The Morgan fingerprint density at radius 1 is 1.38 bits per heavy atom. The van der Waals surface area contributed by atoms with Gasteiger partial charge in [-0.15, -0.1) is 11.3 Å². The molecule has 1 heterocycles. The molecule has 0 amide bonds. The third-order valence-corrected chi connectivity index (χ3v) is 3.92. The number of nitrogens with two attached hydrogens (primary N) is 1. The van der Waals surface area contributed by atoms with Gasteiger partial charge in [0.05, 0.1) is 4.88 Å². The van der Waals surface area contributed by atoms with Gasteiger partial charge in [-0.2, -0.15) is 0 Å². The molecule has 0 spiro atoms. The fraction of sp³-hybridized carbons (Fsp3) is 0. The second-order valence-corrected chi connectivity index (χ2v) is 4.93. The first-order valence-corrected chi connectivity index (χ1v) is 6.09. The molecule has 0 aliphatic carbocycles. The van der Waals surface area contributed by atoms with Gasteiger partial charge in [-0.25, -0.2) is 4.39 Å². The molecule has 0 bridgehead atoms. The number of benzene rings is 1. The Morgan fingerprint density at radius 3 is 2.75 bits per heavy atom. The Kier molecular flexibility index (Phi) is 3.07. The van der Waals surface area contributed by atoms with E-state index in [2.05, 4.69) is 15.9 Å². The van der Waals surface area contributed by atoms with Crippen molar-refractivity contribution < 1.29 is 9.18 Å². The normalized spacial score (nSPS) is 10.4. The number of halogens is 2. The van der Waals surface area contributed by atoms with Crippen LogP contribution in [0, 0.1) is 5.82 Å². The van der Waals surface area contributed by atoms with Crippen LogP contribution in [-0.4, -0.2) is 5.78 Å². The van der Waals surface area contributed by atoms with Crippen molar-refractivity contribution >= 4 is 38.7 Å². The smallest absolute Gasteiger partial charge is 0.206 e. The van der Waals surface area contributed by atoms with E-state index < -0.39 is 5.82 Å². The molecule has 1 aromatic heterocycles. The lowest BCUT2D eigenvalue weighted by Crippen LogP contribution is -2.04. The summed E-state index contributed by atoms with van der Waals surface area (Å²) in [4.78, 5) is 12.6. The van der Waals surface area contributed by atoms with Crippen LogP contribution in [0.5, 0.6) is 0 Å². The molecule has 2 N–H and O–H groups in total. The van der Waals surface area contributed by atoms with E-state index in [-0.39, 0.29) is 17.0 Å². The van der Waals surface area contributed by atoms with Crippen molar-refractivity contribution in [1.82, 2.24) is 0 Å². The minimum atomic E-state index is -0.467. The highest BCUT2D eigenvalue weighted by atomic mass is 79.9. The topological polar surface area (TPSA) is 43.1 Å². The summed E-state index contributed by atoms with van der Waals surface area (Å²) in [6.07, 6.45) is 0. The predicted octanol–water partition coefficient (Wildman–Crippen LogP) is 3.46. The van der Waals surface area contributed by atoms with Crippen LogP contribution in [0.2, 0.25) is 0 Å². The van der Waals surface area contributed by atoms with E-state index in [4.69, 9.17) is 5.73 Å². The van der Waals surface area contributed by atoms with Crippen LogP contribution >= 0.6 is 27.3 Å². The number of nitrogen functional groups attached to an aromatic ring is 1. The highest BCUT2D eigenvalue weighted by Gasteiger charge is 2.17. The Labute approximate surface area is 104 Å². The summed E-state index contributed by atoms with van der Waals surface area (Å²) in [5.41, 5.74) is 6.13. The van der Waals surface area contributed by atoms with Crippen LogP contribution in [0.4, 0.5) is 10.1 Å². The van der Waals surface area contributed by atoms with Gasteiger partial charge in [-0.3, -0.25) is 4.79 Å². The second kappa shape index (κ2) is 4.35. The van der Waals surface area contributed by atoms with Crippen LogP contribution in [0.3, 0.4) is 0 Å². The van der Waals surface area contributed by atoms with Gasteiger partial charge in [-0.05, 0) is 45.6 Å². The quantitative estimate of drug-likeness (QED) is 0.682. The van der Waals surface area contributed by atoms with E-state index in [1.54, 1.807) is 11.4 Å². The summed E-state index contributed by atoms with van der Waals surface area (Å²) >= 11 is 4.55. The van der Waals surface area contributed by atoms with Crippen molar-refractivity contribution in [3.8, 4) is 0 Å². The second-order valence-electron chi connectivity index (χ2n) is 3.16. The zero-order valence-electron chi connectivity index (χ0n) is 8.04. The lowest BCUT2D eigenvalue weighted by Gasteiger charge is -2.03. The minimum Gasteiger partial charge on any atom is -0.398 e.